The number of fused-ring (bicyclic) bond motifs is 1. The molecule has 0 aliphatic carbocycles. The number of nitrogens with two attached hydrogens (primary N) is 1. The lowest BCUT2D eigenvalue weighted by molar-refractivity contribution is -0.137. The maximum absolute atomic E-state index is 12.9. The van der Waals surface area contributed by atoms with Crippen LogP contribution in [0.25, 0.3) is 22.2 Å². The monoisotopic (exact) mass is 388 g/mol. The average Bonchev–Trinajstić information content (AvgIpc) is 2.98. The summed E-state index contributed by atoms with van der Waals surface area (Å²) >= 11 is 0. The summed E-state index contributed by atoms with van der Waals surface area (Å²) in [6.07, 6.45) is -1.64. The third-order valence-electron chi connectivity index (χ3n) is 5.15. The number of aromatic nitrogens is 1. The van der Waals surface area contributed by atoms with Crippen LogP contribution in [-0.2, 0) is 18.0 Å². The number of benzene rings is 2. The van der Waals surface area contributed by atoms with Gasteiger partial charge in [0, 0.05) is 16.6 Å². The lowest BCUT2D eigenvalue weighted by Gasteiger charge is -2.19. The Morgan fingerprint density at radius 2 is 1.54 bits per heavy atom. The van der Waals surface area contributed by atoms with E-state index in [1.807, 2.05) is 0 Å². The highest BCUT2D eigenvalue weighted by Gasteiger charge is 2.30. The molecule has 0 saturated carbocycles. The summed E-state index contributed by atoms with van der Waals surface area (Å²) in [6.45, 7) is 7.15. The van der Waals surface area contributed by atoms with Crippen molar-refractivity contribution >= 4 is 10.9 Å². The van der Waals surface area contributed by atoms with E-state index in [4.69, 9.17) is 5.73 Å². The van der Waals surface area contributed by atoms with Crippen molar-refractivity contribution in [3.8, 4) is 11.3 Å². The Morgan fingerprint density at radius 3 is 2.11 bits per heavy atom. The smallest absolute Gasteiger partial charge is 0.354 e. The molecule has 0 saturated heterocycles. The molecule has 28 heavy (non-hydrogen) atoms. The van der Waals surface area contributed by atoms with E-state index < -0.39 is 11.7 Å². The van der Waals surface area contributed by atoms with Crippen molar-refractivity contribution in [3.05, 3.63) is 59.2 Å². The molecule has 0 bridgehead atoms. The van der Waals surface area contributed by atoms with Crippen molar-refractivity contribution in [3.63, 3.8) is 0 Å². The molecule has 0 spiro atoms. The highest BCUT2D eigenvalue weighted by Crippen LogP contribution is 2.36. The summed E-state index contributed by atoms with van der Waals surface area (Å²) in [5.41, 5.74) is 10.1. The van der Waals surface area contributed by atoms with Gasteiger partial charge in [0.05, 0.1) is 5.56 Å². The average molecular weight is 388 g/mol. The van der Waals surface area contributed by atoms with Gasteiger partial charge in [-0.25, -0.2) is 0 Å². The number of H-pyrrole nitrogens is 1. The molecule has 0 unspecified atom stereocenters. The van der Waals surface area contributed by atoms with E-state index >= 15 is 0 Å². The summed E-state index contributed by atoms with van der Waals surface area (Å²) in [7, 11) is 0. The molecule has 0 amide bonds. The predicted molar refractivity (Wildman–Crippen MR) is 109 cm³/mol. The van der Waals surface area contributed by atoms with E-state index in [9.17, 15) is 13.2 Å². The summed E-state index contributed by atoms with van der Waals surface area (Å²) in [4.78, 5) is 3.43. The Hall–Kier alpha value is -2.27. The van der Waals surface area contributed by atoms with Crippen molar-refractivity contribution in [1.82, 2.24) is 4.98 Å². The summed E-state index contributed by atoms with van der Waals surface area (Å²) in [6, 6.07) is 11.8. The predicted octanol–water partition coefficient (Wildman–Crippen LogP) is 6.43. The number of alkyl halides is 3. The summed E-state index contributed by atoms with van der Waals surface area (Å²) in [5, 5.41) is 1.14. The van der Waals surface area contributed by atoms with Crippen LogP contribution in [0, 0.1) is 0 Å². The molecule has 0 fully saturated rings. The van der Waals surface area contributed by atoms with Gasteiger partial charge in [-0.1, -0.05) is 39.0 Å². The fraction of sp³-hybridized carbons (Fsp3) is 0.391. The van der Waals surface area contributed by atoms with Gasteiger partial charge in [0.15, 0.2) is 0 Å². The highest BCUT2D eigenvalue weighted by atomic mass is 19.4. The van der Waals surface area contributed by atoms with Crippen LogP contribution in [0.15, 0.2) is 42.5 Å². The van der Waals surface area contributed by atoms with Gasteiger partial charge in [0.2, 0.25) is 0 Å². The molecule has 3 aromatic rings. The third-order valence-corrected chi connectivity index (χ3v) is 5.15. The minimum atomic E-state index is -4.33. The first-order chi connectivity index (χ1) is 13.1. The van der Waals surface area contributed by atoms with Crippen LogP contribution in [0.4, 0.5) is 13.2 Å². The van der Waals surface area contributed by atoms with Gasteiger partial charge < -0.3 is 10.7 Å². The van der Waals surface area contributed by atoms with Crippen molar-refractivity contribution < 1.29 is 13.2 Å². The van der Waals surface area contributed by atoms with Crippen LogP contribution in [0.3, 0.4) is 0 Å². The van der Waals surface area contributed by atoms with Crippen LogP contribution >= 0.6 is 0 Å². The first-order valence-electron chi connectivity index (χ1n) is 9.64. The molecular weight excluding hydrogens is 361 g/mol. The molecule has 5 heteroatoms. The van der Waals surface area contributed by atoms with Crippen LogP contribution < -0.4 is 5.73 Å². The molecule has 3 rings (SSSR count). The lowest BCUT2D eigenvalue weighted by Crippen LogP contribution is -2.10. The number of aryl methyl sites for hydroxylation is 1. The van der Waals surface area contributed by atoms with E-state index in [2.05, 4.69) is 44.0 Å². The van der Waals surface area contributed by atoms with Crippen molar-refractivity contribution in [2.24, 2.45) is 5.73 Å². The Kier molecular flexibility index (Phi) is 5.57. The number of halogens is 3. The molecule has 2 aromatic carbocycles. The number of hydrogen-bond donors (Lipinski definition) is 2. The van der Waals surface area contributed by atoms with E-state index in [1.165, 1.54) is 5.56 Å². The van der Waals surface area contributed by atoms with E-state index in [0.717, 1.165) is 59.1 Å². The molecular formula is C23H27F3N2. The number of rotatable bonds is 5. The van der Waals surface area contributed by atoms with Gasteiger partial charge in [-0.2, -0.15) is 13.2 Å². The SMILES string of the molecule is CC(C)(C)c1ccc2[nH]c(-c3ccc(C(F)(F)F)cc3)c(CCCCN)c2c1. The second-order valence-electron chi connectivity index (χ2n) is 8.31. The van der Waals surface area contributed by atoms with Gasteiger partial charge in [0.25, 0.3) is 0 Å². The Balaban J connectivity index is 2.11. The van der Waals surface area contributed by atoms with Gasteiger partial charge in [-0.3, -0.25) is 0 Å². The standard InChI is InChI=1S/C23H27F3N2/c1-22(2,3)17-11-12-20-19(14-17)18(6-4-5-13-27)21(28-20)15-7-9-16(10-8-15)23(24,25)26/h7-12,14,28H,4-6,13,27H2,1-3H3. The van der Waals surface area contributed by atoms with Crippen LogP contribution in [0.2, 0.25) is 0 Å². The first-order valence-corrected chi connectivity index (χ1v) is 9.64. The number of hydrogen-bond acceptors (Lipinski definition) is 1. The molecule has 2 nitrogen and oxygen atoms in total. The zero-order valence-corrected chi connectivity index (χ0v) is 16.6. The van der Waals surface area contributed by atoms with Crippen molar-refractivity contribution in [1.29, 1.82) is 0 Å². The van der Waals surface area contributed by atoms with Crippen molar-refractivity contribution in [2.75, 3.05) is 6.54 Å². The Bertz CT molecular complexity index is 945. The van der Waals surface area contributed by atoms with Crippen LogP contribution in [-0.4, -0.2) is 11.5 Å². The maximum atomic E-state index is 12.9. The minimum absolute atomic E-state index is 0.0223. The second-order valence-corrected chi connectivity index (χ2v) is 8.31. The third kappa shape index (κ3) is 4.25. The number of unbranched alkanes of at least 4 members (excludes halogenated alkanes) is 1. The van der Waals surface area contributed by atoms with Crippen LogP contribution in [0.1, 0.15) is 50.3 Å². The molecule has 0 aliphatic rings. The summed E-state index contributed by atoms with van der Waals surface area (Å²) in [5.74, 6) is 0. The van der Waals surface area contributed by atoms with Crippen molar-refractivity contribution in [2.45, 2.75) is 51.6 Å². The quantitative estimate of drug-likeness (QED) is 0.486. The second kappa shape index (κ2) is 7.63. The zero-order valence-electron chi connectivity index (χ0n) is 16.6. The van der Waals surface area contributed by atoms with Gasteiger partial charge in [-0.05, 0) is 72.2 Å². The lowest BCUT2D eigenvalue weighted by atomic mass is 9.86. The van der Waals surface area contributed by atoms with E-state index in [0.29, 0.717) is 6.54 Å². The molecule has 150 valence electrons. The maximum Gasteiger partial charge on any atom is 0.416 e. The largest absolute Gasteiger partial charge is 0.416 e. The van der Waals surface area contributed by atoms with Gasteiger partial charge in [-0.15, -0.1) is 0 Å². The fourth-order valence-electron chi connectivity index (χ4n) is 3.49. The van der Waals surface area contributed by atoms with Gasteiger partial charge in [0.1, 0.15) is 0 Å². The molecule has 1 heterocycles. The van der Waals surface area contributed by atoms with E-state index in [-0.39, 0.29) is 5.41 Å². The zero-order chi connectivity index (χ0) is 20.5. The summed E-state index contributed by atoms with van der Waals surface area (Å²) < 4.78 is 38.7. The minimum Gasteiger partial charge on any atom is -0.354 e. The number of nitrogens with one attached hydrogen (secondary N) is 1. The molecule has 0 radical (unpaired) electrons. The normalized spacial score (nSPS) is 12.7. The molecule has 0 aliphatic heterocycles. The Morgan fingerprint density at radius 1 is 0.893 bits per heavy atom. The number of aromatic amines is 1. The molecule has 1 aromatic heterocycles. The molecule has 0 atom stereocenters. The Labute approximate surface area is 164 Å². The fourth-order valence-corrected chi connectivity index (χ4v) is 3.49. The topological polar surface area (TPSA) is 41.8 Å². The van der Waals surface area contributed by atoms with Crippen LogP contribution in [0.5, 0.6) is 0 Å². The highest BCUT2D eigenvalue weighted by molar-refractivity contribution is 5.91. The van der Waals surface area contributed by atoms with E-state index in [1.54, 1.807) is 12.1 Å². The first kappa shape index (κ1) is 20.5. The molecule has 3 N–H and O–H groups in total. The van der Waals surface area contributed by atoms with Gasteiger partial charge >= 0.3 is 6.18 Å².